The lowest BCUT2D eigenvalue weighted by Gasteiger charge is -2.34. The van der Waals surface area contributed by atoms with E-state index in [0.29, 0.717) is 12.2 Å². The number of thioether (sulfide) groups is 1. The van der Waals surface area contributed by atoms with Gasteiger partial charge in [-0.05, 0) is 70.5 Å². The number of aliphatic carboxylic acids is 8. The average Bonchev–Trinajstić information content (AvgIpc) is 1.75. The van der Waals surface area contributed by atoms with E-state index in [1.165, 1.54) is 18.7 Å². The normalized spacial score (nSPS) is 14.8. The van der Waals surface area contributed by atoms with E-state index < -0.39 is 177 Å². The maximum absolute atomic E-state index is 13.9. The third-order valence-electron chi connectivity index (χ3n) is 13.8. The van der Waals surface area contributed by atoms with E-state index in [-0.39, 0.29) is 135 Å². The molecule has 1 aliphatic heterocycles. The first-order chi connectivity index (χ1) is 42.5. The fourth-order valence-corrected chi connectivity index (χ4v) is 10.7. The number of Topliss-reactive ketones (excluding diaryl/α,β-unsaturated/α-hetero) is 2. The SMILES string of the molecule is CCCCSC1CC(=O)N(CCC(=O)NC(COCCC(=O)CCCCCC(C(=O)O)N(CC(=O)O)CC(=O)O)(COCCC(=O)NCCCCC(C(=O)O)N(CC(C)=O)CC(=O)O)COCCC(=O)NCCCCC(C(=O)O)N(CC(=O)O)CC(=O)O)C1=O. The van der Waals surface area contributed by atoms with Gasteiger partial charge in [0.2, 0.25) is 29.5 Å². The summed E-state index contributed by atoms with van der Waals surface area (Å²) in [5, 5.41) is 82.7. The number of hydrogen-bond acceptors (Lipinski definition) is 22. The maximum atomic E-state index is 13.9. The quantitative estimate of drug-likeness (QED) is 0.0270. The summed E-state index contributed by atoms with van der Waals surface area (Å²) in [5.74, 6) is -13.9. The van der Waals surface area contributed by atoms with Gasteiger partial charge in [-0.2, -0.15) is 0 Å². The van der Waals surface area contributed by atoms with E-state index in [1.807, 2.05) is 6.92 Å². The highest BCUT2D eigenvalue weighted by molar-refractivity contribution is 8.00. The Morgan fingerprint density at radius 1 is 0.522 bits per heavy atom. The predicted octanol–water partition coefficient (Wildman–Crippen LogP) is -0.517. The molecule has 0 aliphatic carbocycles. The number of unbranched alkanes of at least 4 members (excludes halogenated alkanes) is 5. The lowest BCUT2D eigenvalue weighted by molar-refractivity contribution is -0.152. The Morgan fingerprint density at radius 3 is 1.31 bits per heavy atom. The number of nitrogens with zero attached hydrogens (tertiary/aromatic N) is 4. The standard InChI is InChI=1S/C56H89N7O26S/c1-3-4-26-90-42-27-46(69)63(52(42)80)22-16-45(68)59-56(34-87-23-17-38(65)12-6-5-7-13-40(54(83)84)61(30-48(72)73)31-49(74)75,35-88-24-18-43(66)57-20-10-8-14-39(53(81)82)60(28-37(2)64)29-47(70)71)36-89-25-19-44(67)58-21-11-9-15-41(55(85)86)62(32-50(76)77)33-51(78)79/h39-42H,3-36H2,1-2H3,(H,57,66)(H,58,67)(H,59,68)(H,70,71)(H,72,73)(H,74,75)(H,76,77)(H,78,79)(H,81,82)(H,83,84)(H,85,86). The molecule has 0 aromatic rings. The van der Waals surface area contributed by atoms with E-state index in [9.17, 15) is 113 Å². The van der Waals surface area contributed by atoms with Crippen molar-refractivity contribution in [3.05, 3.63) is 0 Å². The monoisotopic (exact) mass is 1310 g/mol. The Hall–Kier alpha value is -7.24. The minimum absolute atomic E-state index is 0.00954. The molecule has 5 amide bonds. The lowest BCUT2D eigenvalue weighted by Crippen LogP contribution is -2.59. The van der Waals surface area contributed by atoms with Crippen LogP contribution in [-0.4, -0.2) is 283 Å². The first-order valence-electron chi connectivity index (χ1n) is 29.5. The van der Waals surface area contributed by atoms with Crippen LogP contribution in [0.3, 0.4) is 0 Å². The fraction of sp³-hybridized carbons (Fsp3) is 0.732. The molecule has 1 rings (SSSR count). The number of carboxylic acids is 8. The second kappa shape index (κ2) is 45.1. The first kappa shape index (κ1) is 80.8. The second-order valence-electron chi connectivity index (χ2n) is 21.6. The number of carbonyl (C=O) groups excluding carboxylic acids is 7. The molecule has 5 atom stereocenters. The number of nitrogens with one attached hydrogen (secondary N) is 3. The molecular weight excluding hydrogens is 1220 g/mol. The zero-order chi connectivity index (χ0) is 67.8. The number of ketones is 2. The Morgan fingerprint density at radius 2 is 0.922 bits per heavy atom. The van der Waals surface area contributed by atoms with Crippen molar-refractivity contribution in [1.29, 1.82) is 0 Å². The summed E-state index contributed by atoms with van der Waals surface area (Å²) in [6, 6.07) is -4.14. The summed E-state index contributed by atoms with van der Waals surface area (Å²) in [7, 11) is 0. The molecule has 0 spiro atoms. The van der Waals surface area contributed by atoms with Crippen molar-refractivity contribution in [2.45, 2.75) is 158 Å². The van der Waals surface area contributed by atoms with Crippen LogP contribution in [0, 0.1) is 0 Å². The molecule has 0 radical (unpaired) electrons. The van der Waals surface area contributed by atoms with Crippen LogP contribution < -0.4 is 16.0 Å². The Balaban J connectivity index is 3.28. The van der Waals surface area contributed by atoms with E-state index in [1.54, 1.807) is 0 Å². The van der Waals surface area contributed by atoms with Gasteiger partial charge in [0.1, 0.15) is 35.2 Å². The van der Waals surface area contributed by atoms with Gasteiger partial charge in [-0.15, -0.1) is 11.8 Å². The van der Waals surface area contributed by atoms with Crippen molar-refractivity contribution in [2.24, 2.45) is 0 Å². The van der Waals surface area contributed by atoms with E-state index in [2.05, 4.69) is 16.0 Å². The summed E-state index contributed by atoms with van der Waals surface area (Å²) in [6.45, 7) is -3.51. The molecule has 34 heteroatoms. The summed E-state index contributed by atoms with van der Waals surface area (Å²) < 4.78 is 17.9. The summed E-state index contributed by atoms with van der Waals surface area (Å²) >= 11 is 1.35. The van der Waals surface area contributed by atoms with Crippen LogP contribution in [0.1, 0.15) is 129 Å². The number of carboxylic acid groups (broad SMARTS) is 8. The number of rotatable bonds is 57. The van der Waals surface area contributed by atoms with Gasteiger partial charge in [-0.25, -0.2) is 0 Å². The molecule has 90 heavy (non-hydrogen) atoms. The van der Waals surface area contributed by atoms with Crippen molar-refractivity contribution in [3.8, 4) is 0 Å². The predicted molar refractivity (Wildman–Crippen MR) is 314 cm³/mol. The lowest BCUT2D eigenvalue weighted by atomic mass is 10.0. The van der Waals surface area contributed by atoms with E-state index >= 15 is 0 Å². The van der Waals surface area contributed by atoms with Crippen LogP contribution in [0.25, 0.3) is 0 Å². The van der Waals surface area contributed by atoms with Crippen LogP contribution in [0.15, 0.2) is 0 Å². The Bertz CT molecular complexity index is 2170. The summed E-state index contributed by atoms with van der Waals surface area (Å²) in [6.07, 6.45) is 1.97. The molecule has 1 aliphatic rings. The molecule has 0 aromatic carbocycles. The topological polar surface area (TPSA) is 495 Å². The highest BCUT2D eigenvalue weighted by Crippen LogP contribution is 2.26. The minimum Gasteiger partial charge on any atom is -0.480 e. The van der Waals surface area contributed by atoms with Gasteiger partial charge in [0, 0.05) is 58.2 Å². The molecule has 1 heterocycles. The van der Waals surface area contributed by atoms with E-state index in [0.717, 1.165) is 32.4 Å². The van der Waals surface area contributed by atoms with Gasteiger partial charge in [0.05, 0.1) is 84.2 Å². The van der Waals surface area contributed by atoms with Gasteiger partial charge in [0.25, 0.3) is 0 Å². The third-order valence-corrected chi connectivity index (χ3v) is 15.1. The molecule has 5 unspecified atom stereocenters. The first-order valence-corrected chi connectivity index (χ1v) is 30.6. The highest BCUT2D eigenvalue weighted by Gasteiger charge is 2.40. The summed E-state index contributed by atoms with van der Waals surface area (Å²) in [4.78, 5) is 187. The Kier molecular flexibility index (Phi) is 40.5. The average molecular weight is 1310 g/mol. The second-order valence-corrected chi connectivity index (χ2v) is 22.9. The van der Waals surface area contributed by atoms with Gasteiger partial charge in [-0.1, -0.05) is 26.2 Å². The summed E-state index contributed by atoms with van der Waals surface area (Å²) in [5.41, 5.74) is -1.66. The number of hydrogen-bond donors (Lipinski definition) is 11. The van der Waals surface area contributed by atoms with Crippen LogP contribution in [0.5, 0.6) is 0 Å². The van der Waals surface area contributed by atoms with Crippen LogP contribution in [0.4, 0.5) is 0 Å². The molecule has 1 fully saturated rings. The number of imide groups is 1. The Labute approximate surface area is 524 Å². The van der Waals surface area contributed by atoms with Crippen molar-refractivity contribution in [3.63, 3.8) is 0 Å². The molecule has 11 N–H and O–H groups in total. The molecule has 0 saturated carbocycles. The van der Waals surface area contributed by atoms with Crippen molar-refractivity contribution < 1.29 is 127 Å². The zero-order valence-corrected chi connectivity index (χ0v) is 51.8. The van der Waals surface area contributed by atoms with Gasteiger partial charge in [0.15, 0.2) is 0 Å². The number of likely N-dealkylation sites (tertiary alicyclic amines) is 1. The molecule has 510 valence electrons. The zero-order valence-electron chi connectivity index (χ0n) is 51.0. The largest absolute Gasteiger partial charge is 0.480 e. The highest BCUT2D eigenvalue weighted by atomic mass is 32.2. The number of ether oxygens (including phenoxy) is 3. The fourth-order valence-electron chi connectivity index (χ4n) is 9.40. The molecular formula is C56H89N7O26S. The van der Waals surface area contributed by atoms with Crippen LogP contribution in [0.2, 0.25) is 0 Å². The molecule has 33 nitrogen and oxygen atoms in total. The smallest absolute Gasteiger partial charge is 0.320 e. The number of amides is 5. The van der Waals surface area contributed by atoms with Crippen molar-refractivity contribution in [2.75, 3.05) is 104 Å². The number of carbonyl (C=O) groups is 15. The van der Waals surface area contributed by atoms with Crippen molar-refractivity contribution in [1.82, 2.24) is 35.6 Å². The van der Waals surface area contributed by atoms with Crippen molar-refractivity contribution >= 4 is 101 Å². The minimum atomic E-state index is -1.66. The van der Waals surface area contributed by atoms with Gasteiger partial charge in [-0.3, -0.25) is 91.5 Å². The van der Waals surface area contributed by atoms with Gasteiger partial charge < -0.3 is 71.0 Å². The molecule has 0 aromatic heterocycles. The van der Waals surface area contributed by atoms with Gasteiger partial charge >= 0.3 is 47.8 Å². The van der Waals surface area contributed by atoms with Crippen LogP contribution in [-0.2, 0) is 86.1 Å². The molecule has 1 saturated heterocycles. The maximum Gasteiger partial charge on any atom is 0.320 e. The van der Waals surface area contributed by atoms with Crippen LogP contribution >= 0.6 is 11.8 Å². The van der Waals surface area contributed by atoms with E-state index in [4.69, 9.17) is 14.2 Å². The molecule has 0 bridgehead atoms. The third kappa shape index (κ3) is 35.8.